The number of aliphatic hydroxyl groups is 2. The lowest BCUT2D eigenvalue weighted by atomic mass is 9.58. The molecule has 1 aromatic rings. The van der Waals surface area contributed by atoms with Gasteiger partial charge < -0.3 is 10.2 Å². The summed E-state index contributed by atoms with van der Waals surface area (Å²) in [6.07, 6.45) is 1.52. The summed E-state index contributed by atoms with van der Waals surface area (Å²) < 4.78 is 0. The van der Waals surface area contributed by atoms with E-state index >= 15 is 0 Å². The van der Waals surface area contributed by atoms with Gasteiger partial charge in [-0.2, -0.15) is 5.26 Å². The Hall–Kier alpha value is -1.41. The number of piperidine rings is 1. The summed E-state index contributed by atoms with van der Waals surface area (Å²) in [6.45, 7) is 2.51. The summed E-state index contributed by atoms with van der Waals surface area (Å²) in [5.74, 6) is 0. The Morgan fingerprint density at radius 2 is 1.85 bits per heavy atom. The van der Waals surface area contributed by atoms with Gasteiger partial charge in [0.2, 0.25) is 0 Å². The van der Waals surface area contributed by atoms with Crippen LogP contribution in [0.25, 0.3) is 0 Å². The van der Waals surface area contributed by atoms with Crippen LogP contribution in [0, 0.1) is 16.7 Å². The Morgan fingerprint density at radius 1 is 1.20 bits per heavy atom. The van der Waals surface area contributed by atoms with Gasteiger partial charge in [-0.3, -0.25) is 4.90 Å². The van der Waals surface area contributed by atoms with Gasteiger partial charge in [-0.25, -0.2) is 0 Å². The third-order valence-corrected chi connectivity index (χ3v) is 5.09. The lowest BCUT2D eigenvalue weighted by molar-refractivity contribution is -0.190. The third kappa shape index (κ3) is 2.12. The number of benzene rings is 1. The first kappa shape index (κ1) is 13.6. The standard InChI is InChI=1S/C16H20N2O2/c17-10-12-3-1-2-4-13(12)11-18-7-5-16(6-8-18)14(19)9-15(16)20/h1-4,14-15,19-20H,5-9,11H2/t14-,15+. The molecule has 1 saturated heterocycles. The van der Waals surface area contributed by atoms with E-state index in [-0.39, 0.29) is 17.6 Å². The van der Waals surface area contributed by atoms with Crippen molar-refractivity contribution in [2.24, 2.45) is 5.41 Å². The lowest BCUT2D eigenvalue weighted by Crippen LogP contribution is -2.61. The summed E-state index contributed by atoms with van der Waals surface area (Å²) in [4.78, 5) is 2.30. The van der Waals surface area contributed by atoms with Crippen molar-refractivity contribution >= 4 is 0 Å². The minimum absolute atomic E-state index is 0.259. The molecule has 3 rings (SSSR count). The first-order chi connectivity index (χ1) is 9.65. The molecular weight excluding hydrogens is 252 g/mol. The van der Waals surface area contributed by atoms with E-state index < -0.39 is 0 Å². The maximum absolute atomic E-state index is 9.93. The van der Waals surface area contributed by atoms with Crippen LogP contribution in [-0.4, -0.2) is 40.4 Å². The van der Waals surface area contributed by atoms with E-state index in [1.807, 2.05) is 24.3 Å². The number of likely N-dealkylation sites (tertiary alicyclic amines) is 1. The molecule has 0 radical (unpaired) electrons. The van der Waals surface area contributed by atoms with Crippen molar-refractivity contribution in [3.63, 3.8) is 0 Å². The quantitative estimate of drug-likeness (QED) is 0.850. The molecule has 2 aliphatic rings. The molecule has 1 spiro atoms. The highest BCUT2D eigenvalue weighted by Gasteiger charge is 2.54. The summed E-state index contributed by atoms with van der Waals surface area (Å²) >= 11 is 0. The predicted molar refractivity (Wildman–Crippen MR) is 74.7 cm³/mol. The summed E-state index contributed by atoms with van der Waals surface area (Å²) in [5.41, 5.74) is 1.53. The first-order valence-corrected chi connectivity index (χ1v) is 7.22. The van der Waals surface area contributed by atoms with Crippen molar-refractivity contribution in [2.75, 3.05) is 13.1 Å². The number of hydrogen-bond acceptors (Lipinski definition) is 4. The fourth-order valence-corrected chi connectivity index (χ4v) is 3.54. The molecule has 2 N–H and O–H groups in total. The van der Waals surface area contributed by atoms with Crippen molar-refractivity contribution < 1.29 is 10.2 Å². The molecule has 0 aromatic heterocycles. The number of nitriles is 1. The van der Waals surface area contributed by atoms with Gasteiger partial charge in [-0.1, -0.05) is 18.2 Å². The SMILES string of the molecule is N#Cc1ccccc1CN1CCC2(CC1)[C@H](O)C[C@@H]2O. The maximum atomic E-state index is 9.93. The fourth-order valence-electron chi connectivity index (χ4n) is 3.54. The average molecular weight is 272 g/mol. The number of aliphatic hydroxyl groups excluding tert-OH is 2. The molecule has 0 unspecified atom stereocenters. The van der Waals surface area contributed by atoms with Crippen LogP contribution in [0.15, 0.2) is 24.3 Å². The smallest absolute Gasteiger partial charge is 0.0995 e. The molecule has 106 valence electrons. The Labute approximate surface area is 119 Å². The van der Waals surface area contributed by atoms with Crippen LogP contribution < -0.4 is 0 Å². The van der Waals surface area contributed by atoms with Crippen LogP contribution >= 0.6 is 0 Å². The van der Waals surface area contributed by atoms with E-state index in [0.29, 0.717) is 6.42 Å². The number of rotatable bonds is 2. The Kier molecular flexibility index (Phi) is 3.51. The van der Waals surface area contributed by atoms with Crippen molar-refractivity contribution in [3.8, 4) is 6.07 Å². The molecule has 1 aliphatic heterocycles. The number of hydrogen-bond donors (Lipinski definition) is 2. The second kappa shape index (κ2) is 5.17. The van der Waals surface area contributed by atoms with E-state index in [1.165, 1.54) is 0 Å². The van der Waals surface area contributed by atoms with Gasteiger partial charge in [0.25, 0.3) is 0 Å². The zero-order chi connectivity index (χ0) is 14.2. The van der Waals surface area contributed by atoms with E-state index in [1.54, 1.807) is 0 Å². The molecule has 2 atom stereocenters. The molecule has 4 nitrogen and oxygen atoms in total. The topological polar surface area (TPSA) is 67.5 Å². The number of nitrogens with zero attached hydrogens (tertiary/aromatic N) is 2. The van der Waals surface area contributed by atoms with E-state index in [0.717, 1.165) is 43.6 Å². The van der Waals surface area contributed by atoms with Crippen LogP contribution in [0.2, 0.25) is 0 Å². The molecule has 1 aliphatic carbocycles. The van der Waals surface area contributed by atoms with E-state index in [4.69, 9.17) is 5.26 Å². The van der Waals surface area contributed by atoms with Crippen molar-refractivity contribution in [1.29, 1.82) is 5.26 Å². The van der Waals surface area contributed by atoms with E-state index in [2.05, 4.69) is 11.0 Å². The molecule has 2 fully saturated rings. The van der Waals surface area contributed by atoms with Crippen molar-refractivity contribution in [3.05, 3.63) is 35.4 Å². The zero-order valence-corrected chi connectivity index (χ0v) is 11.5. The van der Waals surface area contributed by atoms with Crippen molar-refractivity contribution in [1.82, 2.24) is 4.90 Å². The monoisotopic (exact) mass is 272 g/mol. The van der Waals surface area contributed by atoms with Crippen LogP contribution in [0.3, 0.4) is 0 Å². The van der Waals surface area contributed by atoms with Crippen LogP contribution in [0.5, 0.6) is 0 Å². The van der Waals surface area contributed by atoms with Gasteiger partial charge >= 0.3 is 0 Å². The fraction of sp³-hybridized carbons (Fsp3) is 0.562. The maximum Gasteiger partial charge on any atom is 0.0995 e. The molecule has 0 bridgehead atoms. The minimum Gasteiger partial charge on any atom is -0.392 e. The highest BCUT2D eigenvalue weighted by molar-refractivity contribution is 5.37. The zero-order valence-electron chi connectivity index (χ0n) is 11.5. The van der Waals surface area contributed by atoms with Crippen LogP contribution in [-0.2, 0) is 6.54 Å². The Morgan fingerprint density at radius 3 is 2.45 bits per heavy atom. The van der Waals surface area contributed by atoms with Crippen LogP contribution in [0.1, 0.15) is 30.4 Å². The molecule has 1 aromatic carbocycles. The lowest BCUT2D eigenvalue weighted by Gasteiger charge is -2.55. The molecular formula is C16H20N2O2. The molecule has 0 amide bonds. The highest BCUT2D eigenvalue weighted by Crippen LogP contribution is 2.49. The molecule has 4 heteroatoms. The van der Waals surface area contributed by atoms with Gasteiger partial charge in [0, 0.05) is 18.4 Å². The second-order valence-corrected chi connectivity index (χ2v) is 6.05. The minimum atomic E-state index is -0.342. The summed E-state index contributed by atoms with van der Waals surface area (Å²) in [5, 5.41) is 29.0. The van der Waals surface area contributed by atoms with Gasteiger partial charge in [0.15, 0.2) is 0 Å². The van der Waals surface area contributed by atoms with Gasteiger partial charge in [-0.05, 0) is 37.6 Å². The Bertz CT molecular complexity index is 520. The largest absolute Gasteiger partial charge is 0.392 e. The van der Waals surface area contributed by atoms with Crippen molar-refractivity contribution in [2.45, 2.75) is 38.0 Å². The normalized spacial score (nSPS) is 28.9. The van der Waals surface area contributed by atoms with Gasteiger partial charge in [0.05, 0.1) is 23.8 Å². The van der Waals surface area contributed by atoms with Gasteiger partial charge in [0.1, 0.15) is 0 Å². The van der Waals surface area contributed by atoms with E-state index in [9.17, 15) is 10.2 Å². The summed E-state index contributed by atoms with van der Waals surface area (Å²) in [7, 11) is 0. The Balaban J connectivity index is 1.63. The predicted octanol–water partition coefficient (Wildman–Crippen LogP) is 1.27. The average Bonchev–Trinajstić information content (AvgIpc) is 2.49. The molecule has 1 heterocycles. The second-order valence-electron chi connectivity index (χ2n) is 6.05. The summed E-state index contributed by atoms with van der Waals surface area (Å²) in [6, 6.07) is 9.92. The molecule has 1 saturated carbocycles. The third-order valence-electron chi connectivity index (χ3n) is 5.09. The first-order valence-electron chi connectivity index (χ1n) is 7.22. The van der Waals surface area contributed by atoms with Gasteiger partial charge in [-0.15, -0.1) is 0 Å². The highest BCUT2D eigenvalue weighted by atomic mass is 16.3. The van der Waals surface area contributed by atoms with Crippen LogP contribution in [0.4, 0.5) is 0 Å². The molecule has 20 heavy (non-hydrogen) atoms.